The summed E-state index contributed by atoms with van der Waals surface area (Å²) in [6.45, 7) is 8.26. The molecule has 0 heterocycles. The maximum Gasteiger partial charge on any atom is 1.00 e. The fourth-order valence-electron chi connectivity index (χ4n) is 2.81. The van der Waals surface area contributed by atoms with Crippen molar-refractivity contribution < 1.29 is 50.9 Å². The van der Waals surface area contributed by atoms with Crippen LogP contribution in [0, 0.1) is 11.8 Å². The molecule has 166 valence electrons. The summed E-state index contributed by atoms with van der Waals surface area (Å²) < 4.78 is 44.6. The third-order valence-corrected chi connectivity index (χ3v) is 6.05. The molecule has 0 rings (SSSR count). The quantitative estimate of drug-likeness (QED) is 0.203. The van der Waals surface area contributed by atoms with Gasteiger partial charge in [0, 0.05) is 0 Å². The van der Waals surface area contributed by atoms with Crippen molar-refractivity contribution in [1.82, 2.24) is 0 Å². The number of carbonyl (C=O) groups excluding carboxylic acids is 2. The van der Waals surface area contributed by atoms with E-state index in [4.69, 9.17) is 9.47 Å². The van der Waals surface area contributed by atoms with Crippen LogP contribution >= 0.6 is 0 Å². The molecule has 0 saturated carbocycles. The summed E-state index contributed by atoms with van der Waals surface area (Å²) in [6, 6.07) is 0. The number of hydrogen-bond donors (Lipinski definition) is 0. The first kappa shape index (κ1) is 30.6. The van der Waals surface area contributed by atoms with Gasteiger partial charge in [0.2, 0.25) is 0 Å². The first-order valence-corrected chi connectivity index (χ1v) is 11.9. The van der Waals surface area contributed by atoms with Gasteiger partial charge in [0.1, 0.15) is 10.1 Å². The first-order chi connectivity index (χ1) is 13.2. The molecular weight excluding hydrogens is 391 g/mol. The van der Waals surface area contributed by atoms with Gasteiger partial charge >= 0.3 is 30.8 Å². The fraction of sp³-hybridized carbons (Fsp3) is 0.900. The molecule has 7 nitrogen and oxygen atoms in total. The van der Waals surface area contributed by atoms with E-state index in [9.17, 15) is 22.6 Å². The molecule has 0 N–H and O–H groups in total. The van der Waals surface area contributed by atoms with Crippen molar-refractivity contribution in [2.45, 2.75) is 90.7 Å². The second-order valence-corrected chi connectivity index (χ2v) is 8.89. The molecular formula is C20H37LiO7S. The third-order valence-electron chi connectivity index (χ3n) is 4.99. The van der Waals surface area contributed by atoms with Gasteiger partial charge in [-0.05, 0) is 24.7 Å². The summed E-state index contributed by atoms with van der Waals surface area (Å²) in [5, 5.41) is -2.06. The van der Waals surface area contributed by atoms with E-state index in [2.05, 4.69) is 13.8 Å². The van der Waals surface area contributed by atoms with E-state index in [1.54, 1.807) is 0 Å². The minimum absolute atomic E-state index is 0. The molecule has 0 aliphatic heterocycles. The summed E-state index contributed by atoms with van der Waals surface area (Å²) in [6.07, 6.45) is 6.58. The Bertz CT molecular complexity index is 551. The average Bonchev–Trinajstić information content (AvgIpc) is 2.65. The van der Waals surface area contributed by atoms with Crippen molar-refractivity contribution in [3.63, 3.8) is 0 Å². The molecule has 0 aromatic heterocycles. The average molecular weight is 429 g/mol. The van der Waals surface area contributed by atoms with Crippen molar-refractivity contribution in [2.24, 2.45) is 11.8 Å². The number of hydrogen-bond acceptors (Lipinski definition) is 7. The molecule has 29 heavy (non-hydrogen) atoms. The monoisotopic (exact) mass is 428 g/mol. The molecule has 9 heteroatoms. The topological polar surface area (TPSA) is 110 Å². The van der Waals surface area contributed by atoms with Gasteiger partial charge in [-0.15, -0.1) is 0 Å². The molecule has 0 aromatic carbocycles. The van der Waals surface area contributed by atoms with E-state index < -0.39 is 33.7 Å². The number of esters is 2. The summed E-state index contributed by atoms with van der Waals surface area (Å²) in [4.78, 5) is 24.1. The van der Waals surface area contributed by atoms with Gasteiger partial charge in [-0.2, -0.15) is 0 Å². The van der Waals surface area contributed by atoms with Crippen LogP contribution in [0.2, 0.25) is 0 Å². The standard InChI is InChI=1S/C20H38O7S.Li/c1-5-9-11-16(7-3)14-26-19(21)13-18(28(23,24)25)20(22)27-15-17(8-4)12-10-6-2;/h16-18H,5-15H2,1-4H3,(H,23,24,25);/q;+1/p-1. The summed E-state index contributed by atoms with van der Waals surface area (Å²) in [5.74, 6) is -1.74. The van der Waals surface area contributed by atoms with Gasteiger partial charge in [-0.3, -0.25) is 9.59 Å². The SMILES string of the molecule is CCCCC(CC)COC(=O)CC(C(=O)OCC(CC)CCCC)S(=O)(=O)[O-].[Li+]. The Morgan fingerprint density at radius 2 is 1.31 bits per heavy atom. The molecule has 3 unspecified atom stereocenters. The molecule has 0 bridgehead atoms. The summed E-state index contributed by atoms with van der Waals surface area (Å²) in [5.41, 5.74) is 0. The fourth-order valence-corrected chi connectivity index (χ4v) is 3.46. The molecule has 0 spiro atoms. The van der Waals surface area contributed by atoms with Crippen molar-refractivity contribution in [3.05, 3.63) is 0 Å². The van der Waals surface area contributed by atoms with Crippen LogP contribution < -0.4 is 18.9 Å². The zero-order valence-corrected chi connectivity index (χ0v) is 19.6. The van der Waals surface area contributed by atoms with Gasteiger partial charge < -0.3 is 14.0 Å². The number of ether oxygens (including phenoxy) is 2. The van der Waals surface area contributed by atoms with Crippen molar-refractivity contribution in [1.29, 1.82) is 0 Å². The number of carbonyl (C=O) groups is 2. The van der Waals surface area contributed by atoms with Crippen LogP contribution in [0.1, 0.15) is 85.5 Å². The Morgan fingerprint density at radius 1 is 0.862 bits per heavy atom. The first-order valence-electron chi connectivity index (χ1n) is 10.5. The van der Waals surface area contributed by atoms with Crippen LogP contribution in [0.25, 0.3) is 0 Å². The van der Waals surface area contributed by atoms with Gasteiger partial charge in [-0.25, -0.2) is 8.42 Å². The number of unbranched alkanes of at least 4 members (excludes halogenated alkanes) is 2. The van der Waals surface area contributed by atoms with Crippen LogP contribution in [0.3, 0.4) is 0 Å². The molecule has 0 aliphatic rings. The van der Waals surface area contributed by atoms with Crippen LogP contribution in [-0.2, 0) is 29.2 Å². The Kier molecular flexibility index (Phi) is 18.1. The van der Waals surface area contributed by atoms with Gasteiger partial charge in [0.05, 0.1) is 19.6 Å². The van der Waals surface area contributed by atoms with Crippen molar-refractivity contribution in [2.75, 3.05) is 13.2 Å². The predicted molar refractivity (Wildman–Crippen MR) is 107 cm³/mol. The Labute approximate surface area is 188 Å². The summed E-state index contributed by atoms with van der Waals surface area (Å²) >= 11 is 0. The van der Waals surface area contributed by atoms with Crippen LogP contribution in [0.15, 0.2) is 0 Å². The third kappa shape index (κ3) is 14.1. The zero-order valence-electron chi connectivity index (χ0n) is 18.8. The molecule has 0 saturated heterocycles. The minimum atomic E-state index is -5.01. The molecule has 0 fully saturated rings. The minimum Gasteiger partial charge on any atom is -0.747 e. The van der Waals surface area contributed by atoms with E-state index in [1.807, 2.05) is 13.8 Å². The normalized spacial score (nSPS) is 14.4. The molecule has 0 radical (unpaired) electrons. The molecule has 0 amide bonds. The second-order valence-electron chi connectivity index (χ2n) is 7.33. The maximum absolute atomic E-state index is 12.1. The Morgan fingerprint density at radius 3 is 1.69 bits per heavy atom. The predicted octanol–water partition coefficient (Wildman–Crippen LogP) is 0.814. The van der Waals surface area contributed by atoms with Crippen LogP contribution in [0.5, 0.6) is 0 Å². The van der Waals surface area contributed by atoms with Gasteiger partial charge in [0.25, 0.3) is 0 Å². The zero-order chi connectivity index (χ0) is 21.6. The van der Waals surface area contributed by atoms with Crippen molar-refractivity contribution >= 4 is 22.1 Å². The van der Waals surface area contributed by atoms with Crippen molar-refractivity contribution in [3.8, 4) is 0 Å². The molecule has 0 aromatic rings. The second kappa shape index (κ2) is 17.2. The van der Waals surface area contributed by atoms with Crippen LogP contribution in [-0.4, -0.2) is 43.4 Å². The van der Waals surface area contributed by atoms with Gasteiger partial charge in [0.15, 0.2) is 5.25 Å². The maximum atomic E-state index is 12.1. The number of rotatable bonds is 16. The van der Waals surface area contributed by atoms with Gasteiger partial charge in [-0.1, -0.05) is 66.2 Å². The van der Waals surface area contributed by atoms with E-state index in [0.29, 0.717) is 0 Å². The largest absolute Gasteiger partial charge is 1.00 e. The summed E-state index contributed by atoms with van der Waals surface area (Å²) in [7, 11) is -5.01. The Balaban J connectivity index is 0. The van der Waals surface area contributed by atoms with Crippen LogP contribution in [0.4, 0.5) is 0 Å². The van der Waals surface area contributed by atoms with E-state index in [1.165, 1.54) is 0 Å². The van der Waals surface area contributed by atoms with E-state index in [-0.39, 0.29) is 43.9 Å². The molecule has 3 atom stereocenters. The van der Waals surface area contributed by atoms with E-state index >= 15 is 0 Å². The van der Waals surface area contributed by atoms with E-state index in [0.717, 1.165) is 51.4 Å². The molecule has 0 aliphatic carbocycles. The smallest absolute Gasteiger partial charge is 0.747 e. The Hall–Kier alpha value is -0.553.